The van der Waals surface area contributed by atoms with Crippen molar-refractivity contribution in [2.45, 2.75) is 25.8 Å². The Hall–Kier alpha value is -2.67. The van der Waals surface area contributed by atoms with Gasteiger partial charge in [0.25, 0.3) is 11.8 Å². The lowest BCUT2D eigenvalue weighted by Crippen LogP contribution is -2.46. The molecular weight excluding hydrogens is 350 g/mol. The fourth-order valence-electron chi connectivity index (χ4n) is 2.95. The highest BCUT2D eigenvalue weighted by Gasteiger charge is 2.22. The summed E-state index contributed by atoms with van der Waals surface area (Å²) in [6, 6.07) is 10.5. The van der Waals surface area contributed by atoms with E-state index in [4.69, 9.17) is 0 Å². The van der Waals surface area contributed by atoms with Crippen LogP contribution in [0.15, 0.2) is 41.8 Å². The molecule has 6 nitrogen and oxygen atoms in total. The highest BCUT2D eigenvalue weighted by molar-refractivity contribution is 7.12. The number of anilines is 1. The average Bonchev–Trinajstić information content (AvgIpc) is 3.17. The minimum Gasteiger partial charge on any atom is -0.349 e. The van der Waals surface area contributed by atoms with Crippen molar-refractivity contribution >= 4 is 34.7 Å². The molecule has 0 unspecified atom stereocenters. The third-order valence-corrected chi connectivity index (χ3v) is 5.27. The van der Waals surface area contributed by atoms with Gasteiger partial charge in [0.05, 0.1) is 4.88 Å². The summed E-state index contributed by atoms with van der Waals surface area (Å²) in [6.07, 6.45) is 1.50. The Bertz CT molecular complexity index is 796. The normalized spacial score (nSPS) is 14.7. The number of hydrogen-bond acceptors (Lipinski definition) is 4. The summed E-state index contributed by atoms with van der Waals surface area (Å²) in [7, 11) is 0. The molecule has 1 saturated heterocycles. The lowest BCUT2D eigenvalue weighted by atomic mass is 10.0. The number of nitrogens with zero attached hydrogens (tertiary/aromatic N) is 1. The third kappa shape index (κ3) is 4.49. The van der Waals surface area contributed by atoms with Crippen LogP contribution < -0.4 is 10.6 Å². The first-order chi connectivity index (χ1) is 12.5. The van der Waals surface area contributed by atoms with Gasteiger partial charge in [-0.3, -0.25) is 14.4 Å². The number of benzene rings is 1. The molecule has 1 aromatic carbocycles. The molecule has 1 fully saturated rings. The molecular formula is C19H21N3O3S. The summed E-state index contributed by atoms with van der Waals surface area (Å²) in [4.78, 5) is 38.4. The van der Waals surface area contributed by atoms with Gasteiger partial charge in [-0.15, -0.1) is 11.3 Å². The molecule has 0 saturated carbocycles. The zero-order valence-corrected chi connectivity index (χ0v) is 15.3. The second kappa shape index (κ2) is 8.14. The lowest BCUT2D eigenvalue weighted by molar-refractivity contribution is -0.129. The fourth-order valence-corrected chi connectivity index (χ4v) is 3.57. The summed E-state index contributed by atoms with van der Waals surface area (Å²) in [5.74, 6) is -0.281. The van der Waals surface area contributed by atoms with Crippen molar-refractivity contribution in [3.8, 4) is 0 Å². The molecule has 0 atom stereocenters. The van der Waals surface area contributed by atoms with E-state index < -0.39 is 0 Å². The van der Waals surface area contributed by atoms with Gasteiger partial charge in [-0.2, -0.15) is 0 Å². The Balaban J connectivity index is 1.58. The number of nitrogens with one attached hydrogen (secondary N) is 2. The van der Waals surface area contributed by atoms with Crippen molar-refractivity contribution in [2.75, 3.05) is 18.4 Å². The summed E-state index contributed by atoms with van der Waals surface area (Å²) in [5, 5.41) is 7.67. The van der Waals surface area contributed by atoms with Crippen LogP contribution in [0.1, 0.15) is 39.8 Å². The number of piperidine rings is 1. The standard InChI is InChI=1S/C19H21N3O3S/c1-13(23)22-9-7-15(8-10-22)20-18(24)14-4-2-5-16(12-14)21-19(25)17-6-3-11-26-17/h2-6,11-12,15H,7-10H2,1H3,(H,20,24)(H,21,25). The molecule has 0 aliphatic carbocycles. The minimum absolute atomic E-state index is 0.0578. The van der Waals surface area contributed by atoms with Crippen molar-refractivity contribution in [1.29, 1.82) is 0 Å². The van der Waals surface area contributed by atoms with Gasteiger partial charge in [0.2, 0.25) is 5.91 Å². The number of likely N-dealkylation sites (tertiary alicyclic amines) is 1. The zero-order valence-electron chi connectivity index (χ0n) is 14.5. The van der Waals surface area contributed by atoms with Crippen molar-refractivity contribution in [3.63, 3.8) is 0 Å². The number of carbonyl (C=O) groups is 3. The van der Waals surface area contributed by atoms with Gasteiger partial charge in [-0.1, -0.05) is 12.1 Å². The van der Waals surface area contributed by atoms with Crippen LogP contribution in [0, 0.1) is 0 Å². The Morgan fingerprint density at radius 2 is 1.85 bits per heavy atom. The van der Waals surface area contributed by atoms with Crippen molar-refractivity contribution in [2.24, 2.45) is 0 Å². The number of amides is 3. The summed E-state index contributed by atoms with van der Waals surface area (Å²) >= 11 is 1.37. The van der Waals surface area contributed by atoms with Crippen LogP contribution in [0.25, 0.3) is 0 Å². The first-order valence-electron chi connectivity index (χ1n) is 8.54. The third-order valence-electron chi connectivity index (χ3n) is 4.40. The van der Waals surface area contributed by atoms with Crippen LogP contribution in [0.4, 0.5) is 5.69 Å². The Morgan fingerprint density at radius 1 is 1.08 bits per heavy atom. The number of rotatable bonds is 4. The van der Waals surface area contributed by atoms with Gasteiger partial charge in [0, 0.05) is 37.3 Å². The second-order valence-corrected chi connectivity index (χ2v) is 7.21. The molecule has 2 heterocycles. The molecule has 1 aliphatic heterocycles. The van der Waals surface area contributed by atoms with Crippen LogP contribution in [0.3, 0.4) is 0 Å². The van der Waals surface area contributed by atoms with Gasteiger partial charge in [-0.05, 0) is 42.5 Å². The van der Waals surface area contributed by atoms with Crippen molar-refractivity contribution in [3.05, 3.63) is 52.2 Å². The molecule has 0 bridgehead atoms. The van der Waals surface area contributed by atoms with E-state index in [1.807, 2.05) is 11.4 Å². The molecule has 2 aromatic rings. The summed E-state index contributed by atoms with van der Waals surface area (Å²) in [5.41, 5.74) is 1.09. The largest absolute Gasteiger partial charge is 0.349 e. The monoisotopic (exact) mass is 371 g/mol. The second-order valence-electron chi connectivity index (χ2n) is 6.27. The molecule has 1 aromatic heterocycles. The average molecular weight is 371 g/mol. The molecule has 7 heteroatoms. The maximum Gasteiger partial charge on any atom is 0.265 e. The van der Waals surface area contributed by atoms with E-state index in [0.29, 0.717) is 29.2 Å². The predicted octanol–water partition coefficient (Wildman–Crippen LogP) is 2.74. The topological polar surface area (TPSA) is 78.5 Å². The fraction of sp³-hybridized carbons (Fsp3) is 0.316. The van der Waals surface area contributed by atoms with Gasteiger partial charge >= 0.3 is 0 Å². The Labute approximate surface area is 156 Å². The molecule has 1 aliphatic rings. The highest BCUT2D eigenvalue weighted by atomic mass is 32.1. The molecule has 0 spiro atoms. The molecule has 0 radical (unpaired) electrons. The lowest BCUT2D eigenvalue weighted by Gasteiger charge is -2.31. The van der Waals surface area contributed by atoms with E-state index in [1.54, 1.807) is 42.2 Å². The van der Waals surface area contributed by atoms with Gasteiger partial charge in [0.15, 0.2) is 0 Å². The zero-order chi connectivity index (χ0) is 18.5. The summed E-state index contributed by atoms with van der Waals surface area (Å²) in [6.45, 7) is 2.89. The number of carbonyl (C=O) groups excluding carboxylic acids is 3. The van der Waals surface area contributed by atoms with Gasteiger partial charge in [0.1, 0.15) is 0 Å². The van der Waals surface area contributed by atoms with E-state index in [2.05, 4.69) is 10.6 Å². The van der Waals surface area contributed by atoms with Crippen LogP contribution in [0.5, 0.6) is 0 Å². The van der Waals surface area contributed by atoms with Crippen LogP contribution in [-0.2, 0) is 4.79 Å². The van der Waals surface area contributed by atoms with Crippen LogP contribution in [-0.4, -0.2) is 41.8 Å². The first kappa shape index (κ1) is 18.1. The SMILES string of the molecule is CC(=O)N1CCC(NC(=O)c2cccc(NC(=O)c3cccs3)c2)CC1. The molecule has 2 N–H and O–H groups in total. The highest BCUT2D eigenvalue weighted by Crippen LogP contribution is 2.16. The van der Waals surface area contributed by atoms with E-state index in [1.165, 1.54) is 11.3 Å². The van der Waals surface area contributed by atoms with Crippen LogP contribution in [0.2, 0.25) is 0 Å². The maximum atomic E-state index is 12.5. The first-order valence-corrected chi connectivity index (χ1v) is 9.42. The molecule has 3 amide bonds. The predicted molar refractivity (Wildman–Crippen MR) is 101 cm³/mol. The van der Waals surface area contributed by atoms with E-state index in [0.717, 1.165) is 12.8 Å². The van der Waals surface area contributed by atoms with E-state index in [-0.39, 0.29) is 23.8 Å². The van der Waals surface area contributed by atoms with E-state index in [9.17, 15) is 14.4 Å². The Morgan fingerprint density at radius 3 is 2.50 bits per heavy atom. The maximum absolute atomic E-state index is 12.5. The Kier molecular flexibility index (Phi) is 5.68. The minimum atomic E-state index is -0.186. The van der Waals surface area contributed by atoms with Gasteiger partial charge in [-0.25, -0.2) is 0 Å². The number of thiophene rings is 1. The number of hydrogen-bond donors (Lipinski definition) is 2. The van der Waals surface area contributed by atoms with Crippen molar-refractivity contribution in [1.82, 2.24) is 10.2 Å². The molecule has 3 rings (SSSR count). The smallest absolute Gasteiger partial charge is 0.265 e. The van der Waals surface area contributed by atoms with E-state index >= 15 is 0 Å². The van der Waals surface area contributed by atoms with Crippen molar-refractivity contribution < 1.29 is 14.4 Å². The van der Waals surface area contributed by atoms with Crippen LogP contribution >= 0.6 is 11.3 Å². The quantitative estimate of drug-likeness (QED) is 0.867. The summed E-state index contributed by atoms with van der Waals surface area (Å²) < 4.78 is 0. The van der Waals surface area contributed by atoms with Gasteiger partial charge < -0.3 is 15.5 Å². The molecule has 136 valence electrons. The molecule has 26 heavy (non-hydrogen) atoms.